The van der Waals surface area contributed by atoms with E-state index >= 15 is 0 Å². The Morgan fingerprint density at radius 3 is 3.00 bits per heavy atom. The summed E-state index contributed by atoms with van der Waals surface area (Å²) in [6.45, 7) is 0. The molecule has 0 N–H and O–H groups in total. The van der Waals surface area contributed by atoms with Gasteiger partial charge in [-0.15, -0.1) is 0 Å². The molecular weight excluding hydrogens is 144 g/mol. The van der Waals surface area contributed by atoms with E-state index in [1.165, 1.54) is 0 Å². The number of hydrogen-bond donors (Lipinski definition) is 1. The normalized spacial score (nSPS) is 10.2. The van der Waals surface area contributed by atoms with Gasteiger partial charge in [0.25, 0.3) is 0 Å². The minimum atomic E-state index is 0.937. The van der Waals surface area contributed by atoms with Crippen LogP contribution in [0.15, 0.2) is 12.4 Å². The van der Waals surface area contributed by atoms with Gasteiger partial charge in [-0.05, 0) is 12.2 Å². The molecule has 0 saturated heterocycles. The van der Waals surface area contributed by atoms with E-state index < -0.39 is 0 Å². The first-order valence-corrected chi connectivity index (χ1v) is 4.05. The number of aryl methyl sites for hydroxylation is 2. The van der Waals surface area contributed by atoms with E-state index in [1.807, 2.05) is 24.0 Å². The Morgan fingerprint density at radius 1 is 1.70 bits per heavy atom. The molecule has 56 valence electrons. The minimum Gasteiger partial charge on any atom is -0.338 e. The Balaban J connectivity index is 2.49. The van der Waals surface area contributed by atoms with Gasteiger partial charge in [-0.3, -0.25) is 0 Å². The average Bonchev–Trinajstić information content (AvgIpc) is 2.31. The van der Waals surface area contributed by atoms with Crippen molar-refractivity contribution in [2.45, 2.75) is 12.8 Å². The molecular formula is C7H12N2S. The second-order valence-electron chi connectivity index (χ2n) is 2.28. The van der Waals surface area contributed by atoms with Gasteiger partial charge in [0.05, 0.1) is 0 Å². The second kappa shape index (κ2) is 3.66. The van der Waals surface area contributed by atoms with E-state index in [0.29, 0.717) is 0 Å². The third-order valence-corrected chi connectivity index (χ3v) is 1.80. The van der Waals surface area contributed by atoms with Gasteiger partial charge in [0.15, 0.2) is 0 Å². The summed E-state index contributed by atoms with van der Waals surface area (Å²) in [7, 11) is 2.01. The van der Waals surface area contributed by atoms with Crippen molar-refractivity contribution in [2.24, 2.45) is 7.05 Å². The summed E-state index contributed by atoms with van der Waals surface area (Å²) in [4.78, 5) is 4.18. The molecule has 0 aromatic carbocycles. The van der Waals surface area contributed by atoms with Gasteiger partial charge in [0.2, 0.25) is 0 Å². The summed E-state index contributed by atoms with van der Waals surface area (Å²) < 4.78 is 2.05. The van der Waals surface area contributed by atoms with E-state index in [1.54, 1.807) is 0 Å². The van der Waals surface area contributed by atoms with E-state index in [0.717, 1.165) is 24.4 Å². The molecule has 1 aromatic heterocycles. The average molecular weight is 156 g/mol. The van der Waals surface area contributed by atoms with Crippen LogP contribution in [0.5, 0.6) is 0 Å². The second-order valence-corrected chi connectivity index (χ2v) is 2.73. The number of imidazole rings is 1. The summed E-state index contributed by atoms with van der Waals surface area (Å²) in [6, 6.07) is 0. The Morgan fingerprint density at radius 2 is 2.50 bits per heavy atom. The van der Waals surface area contributed by atoms with Crippen LogP contribution in [0.4, 0.5) is 0 Å². The molecule has 0 saturated carbocycles. The molecule has 0 fully saturated rings. The van der Waals surface area contributed by atoms with Crippen molar-refractivity contribution in [1.82, 2.24) is 9.55 Å². The molecule has 0 spiro atoms. The predicted octanol–water partition coefficient (Wildman–Crippen LogP) is 1.28. The largest absolute Gasteiger partial charge is 0.338 e. The highest BCUT2D eigenvalue weighted by Gasteiger charge is 1.95. The first-order chi connectivity index (χ1) is 4.84. The first-order valence-electron chi connectivity index (χ1n) is 3.41. The number of hydrogen-bond acceptors (Lipinski definition) is 2. The molecule has 0 atom stereocenters. The van der Waals surface area contributed by atoms with E-state index in [-0.39, 0.29) is 0 Å². The molecule has 0 bridgehead atoms. The van der Waals surface area contributed by atoms with Crippen molar-refractivity contribution in [3.05, 3.63) is 18.2 Å². The molecule has 0 radical (unpaired) electrons. The Labute approximate surface area is 66.7 Å². The van der Waals surface area contributed by atoms with Crippen molar-refractivity contribution in [1.29, 1.82) is 0 Å². The molecule has 1 rings (SSSR count). The SMILES string of the molecule is Cn1ccnc1CCCS. The molecule has 3 heteroatoms. The minimum absolute atomic E-state index is 0.937. The summed E-state index contributed by atoms with van der Waals surface area (Å²) >= 11 is 4.13. The molecule has 1 heterocycles. The summed E-state index contributed by atoms with van der Waals surface area (Å²) in [5.74, 6) is 2.08. The van der Waals surface area contributed by atoms with Crippen molar-refractivity contribution in [3.8, 4) is 0 Å². The first kappa shape index (κ1) is 7.66. The summed E-state index contributed by atoms with van der Waals surface area (Å²) in [5, 5.41) is 0. The maximum Gasteiger partial charge on any atom is 0.108 e. The molecule has 0 amide bonds. The lowest BCUT2D eigenvalue weighted by Gasteiger charge is -1.97. The lowest BCUT2D eigenvalue weighted by Crippen LogP contribution is -1.97. The highest BCUT2D eigenvalue weighted by Crippen LogP contribution is 1.98. The standard InChI is InChI=1S/C7H12N2S/c1-9-5-4-8-7(9)3-2-6-10/h4-5,10H,2-3,6H2,1H3. The quantitative estimate of drug-likeness (QED) is 0.653. The van der Waals surface area contributed by atoms with Crippen LogP contribution < -0.4 is 0 Å². The van der Waals surface area contributed by atoms with E-state index in [2.05, 4.69) is 17.6 Å². The summed E-state index contributed by atoms with van der Waals surface area (Å²) in [5.41, 5.74) is 0. The van der Waals surface area contributed by atoms with Crippen LogP contribution >= 0.6 is 12.6 Å². The topological polar surface area (TPSA) is 17.8 Å². The van der Waals surface area contributed by atoms with Crippen LogP contribution in [0.25, 0.3) is 0 Å². The van der Waals surface area contributed by atoms with Crippen LogP contribution in [0, 0.1) is 0 Å². The van der Waals surface area contributed by atoms with Crippen LogP contribution in [0.2, 0.25) is 0 Å². The summed E-state index contributed by atoms with van der Waals surface area (Å²) in [6.07, 6.45) is 5.93. The molecule has 0 unspecified atom stereocenters. The fourth-order valence-corrected chi connectivity index (χ4v) is 1.03. The predicted molar refractivity (Wildman–Crippen MR) is 45.4 cm³/mol. The number of rotatable bonds is 3. The Kier molecular flexibility index (Phi) is 2.81. The van der Waals surface area contributed by atoms with Crippen LogP contribution in [0.1, 0.15) is 12.2 Å². The van der Waals surface area contributed by atoms with Crippen molar-refractivity contribution in [3.63, 3.8) is 0 Å². The van der Waals surface area contributed by atoms with E-state index in [4.69, 9.17) is 0 Å². The molecule has 2 nitrogen and oxygen atoms in total. The fourth-order valence-electron chi connectivity index (χ4n) is 0.875. The van der Waals surface area contributed by atoms with Gasteiger partial charge in [-0.1, -0.05) is 0 Å². The van der Waals surface area contributed by atoms with Gasteiger partial charge >= 0.3 is 0 Å². The van der Waals surface area contributed by atoms with E-state index in [9.17, 15) is 0 Å². The highest BCUT2D eigenvalue weighted by atomic mass is 32.1. The van der Waals surface area contributed by atoms with Gasteiger partial charge < -0.3 is 4.57 Å². The lowest BCUT2D eigenvalue weighted by molar-refractivity contribution is 0.763. The molecule has 10 heavy (non-hydrogen) atoms. The zero-order valence-corrected chi connectivity index (χ0v) is 7.01. The van der Waals surface area contributed by atoms with Crippen molar-refractivity contribution < 1.29 is 0 Å². The molecule has 0 aliphatic carbocycles. The monoisotopic (exact) mass is 156 g/mol. The Hall–Kier alpha value is -0.440. The van der Waals surface area contributed by atoms with Crippen LogP contribution in [0.3, 0.4) is 0 Å². The number of thiol groups is 1. The number of nitrogens with zero attached hydrogens (tertiary/aromatic N) is 2. The van der Waals surface area contributed by atoms with Crippen LogP contribution in [-0.4, -0.2) is 15.3 Å². The van der Waals surface area contributed by atoms with Crippen molar-refractivity contribution >= 4 is 12.6 Å². The maximum atomic E-state index is 4.18. The molecule has 0 aliphatic heterocycles. The van der Waals surface area contributed by atoms with Gasteiger partial charge in [0, 0.05) is 25.9 Å². The van der Waals surface area contributed by atoms with Crippen molar-refractivity contribution in [2.75, 3.05) is 5.75 Å². The fraction of sp³-hybridized carbons (Fsp3) is 0.571. The molecule has 1 aromatic rings. The lowest BCUT2D eigenvalue weighted by atomic mass is 10.3. The highest BCUT2D eigenvalue weighted by molar-refractivity contribution is 7.80. The maximum absolute atomic E-state index is 4.18. The zero-order chi connectivity index (χ0) is 7.40. The van der Waals surface area contributed by atoms with Gasteiger partial charge in [-0.2, -0.15) is 12.6 Å². The zero-order valence-electron chi connectivity index (χ0n) is 6.12. The van der Waals surface area contributed by atoms with Crippen LogP contribution in [-0.2, 0) is 13.5 Å². The van der Waals surface area contributed by atoms with Gasteiger partial charge in [-0.25, -0.2) is 4.98 Å². The number of aromatic nitrogens is 2. The molecule has 0 aliphatic rings. The van der Waals surface area contributed by atoms with Gasteiger partial charge in [0.1, 0.15) is 5.82 Å². The Bertz CT molecular complexity index is 195. The third-order valence-electron chi connectivity index (χ3n) is 1.48. The third kappa shape index (κ3) is 1.77. The smallest absolute Gasteiger partial charge is 0.108 e.